The monoisotopic (exact) mass is 231 g/mol. The van der Waals surface area contributed by atoms with E-state index in [-0.39, 0.29) is 5.91 Å². The summed E-state index contributed by atoms with van der Waals surface area (Å²) >= 11 is 0. The highest BCUT2D eigenvalue weighted by Crippen LogP contribution is 2.14. The van der Waals surface area contributed by atoms with Gasteiger partial charge in [0.1, 0.15) is 0 Å². The number of carbonyl (C=O) groups is 1. The van der Waals surface area contributed by atoms with Crippen molar-refractivity contribution in [2.45, 2.75) is 19.8 Å². The summed E-state index contributed by atoms with van der Waals surface area (Å²) in [6.45, 7) is 3.29. The average Bonchev–Trinajstić information content (AvgIpc) is 2.37. The summed E-state index contributed by atoms with van der Waals surface area (Å²) in [6, 6.07) is 9.38. The Morgan fingerprint density at radius 1 is 1.35 bits per heavy atom. The minimum atomic E-state index is -0.139. The van der Waals surface area contributed by atoms with Crippen molar-refractivity contribution >= 4 is 11.6 Å². The molecule has 0 aliphatic rings. The lowest BCUT2D eigenvalue weighted by molar-refractivity contribution is 0.0955. The first-order valence-corrected chi connectivity index (χ1v) is 5.77. The standard InChI is InChI=1S/C13H17N3O/c1-2-9-15-12-7-4-3-6-11(12)13(17)16-10-5-8-14/h3-4,6-7,15H,2,5,9-10H2,1H3,(H,16,17). The van der Waals surface area contributed by atoms with Crippen molar-refractivity contribution in [1.29, 1.82) is 5.26 Å². The van der Waals surface area contributed by atoms with Crippen LogP contribution in [-0.2, 0) is 0 Å². The number of rotatable bonds is 6. The second-order valence-electron chi connectivity index (χ2n) is 3.64. The fraction of sp³-hybridized carbons (Fsp3) is 0.385. The average molecular weight is 231 g/mol. The number of benzene rings is 1. The van der Waals surface area contributed by atoms with Crippen LogP contribution in [-0.4, -0.2) is 19.0 Å². The Kier molecular flexibility index (Phi) is 5.59. The SMILES string of the molecule is CCCNc1ccccc1C(=O)NCCC#N. The Morgan fingerprint density at radius 2 is 2.12 bits per heavy atom. The van der Waals surface area contributed by atoms with Gasteiger partial charge in [0.15, 0.2) is 0 Å². The molecule has 1 rings (SSSR count). The van der Waals surface area contributed by atoms with Gasteiger partial charge in [-0.25, -0.2) is 0 Å². The molecule has 1 aromatic carbocycles. The lowest BCUT2D eigenvalue weighted by atomic mass is 10.1. The summed E-state index contributed by atoms with van der Waals surface area (Å²) in [5.74, 6) is -0.139. The van der Waals surface area contributed by atoms with Gasteiger partial charge in [-0.3, -0.25) is 4.79 Å². The van der Waals surface area contributed by atoms with E-state index in [1.54, 1.807) is 6.07 Å². The molecule has 1 aromatic rings. The number of nitriles is 1. The molecule has 0 atom stereocenters. The third-order valence-corrected chi connectivity index (χ3v) is 2.26. The molecular weight excluding hydrogens is 214 g/mol. The second-order valence-corrected chi connectivity index (χ2v) is 3.64. The largest absolute Gasteiger partial charge is 0.384 e. The van der Waals surface area contributed by atoms with Crippen molar-refractivity contribution in [3.63, 3.8) is 0 Å². The van der Waals surface area contributed by atoms with Gasteiger partial charge in [0.2, 0.25) is 0 Å². The predicted octanol–water partition coefficient (Wildman–Crippen LogP) is 2.15. The van der Waals surface area contributed by atoms with Gasteiger partial charge in [0.25, 0.3) is 5.91 Å². The van der Waals surface area contributed by atoms with Crippen molar-refractivity contribution in [2.75, 3.05) is 18.4 Å². The summed E-state index contributed by atoms with van der Waals surface area (Å²) < 4.78 is 0. The molecule has 0 spiro atoms. The third-order valence-electron chi connectivity index (χ3n) is 2.26. The van der Waals surface area contributed by atoms with Crippen LogP contribution in [0.4, 0.5) is 5.69 Å². The van der Waals surface area contributed by atoms with E-state index in [1.807, 2.05) is 24.3 Å². The molecule has 0 aliphatic heterocycles. The summed E-state index contributed by atoms with van der Waals surface area (Å²) in [6.07, 6.45) is 1.33. The van der Waals surface area contributed by atoms with E-state index in [4.69, 9.17) is 5.26 Å². The lowest BCUT2D eigenvalue weighted by Gasteiger charge is -2.10. The van der Waals surface area contributed by atoms with E-state index in [1.165, 1.54) is 0 Å². The summed E-state index contributed by atoms with van der Waals surface area (Å²) in [5.41, 5.74) is 1.46. The van der Waals surface area contributed by atoms with Crippen molar-refractivity contribution in [3.8, 4) is 6.07 Å². The fourth-order valence-corrected chi connectivity index (χ4v) is 1.42. The topological polar surface area (TPSA) is 64.9 Å². The molecule has 0 aromatic heterocycles. The van der Waals surface area contributed by atoms with Gasteiger partial charge >= 0.3 is 0 Å². The van der Waals surface area contributed by atoms with Crippen molar-refractivity contribution < 1.29 is 4.79 Å². The highest BCUT2D eigenvalue weighted by atomic mass is 16.1. The van der Waals surface area contributed by atoms with Gasteiger partial charge in [-0.2, -0.15) is 5.26 Å². The van der Waals surface area contributed by atoms with Crippen molar-refractivity contribution in [3.05, 3.63) is 29.8 Å². The van der Waals surface area contributed by atoms with E-state index in [2.05, 4.69) is 17.6 Å². The minimum Gasteiger partial charge on any atom is -0.384 e. The number of hydrogen-bond acceptors (Lipinski definition) is 3. The van der Waals surface area contributed by atoms with Crippen LogP contribution in [0.3, 0.4) is 0 Å². The molecule has 0 saturated carbocycles. The summed E-state index contributed by atoms with van der Waals surface area (Å²) in [5, 5.41) is 14.3. The van der Waals surface area contributed by atoms with Gasteiger partial charge in [-0.05, 0) is 18.6 Å². The Balaban J connectivity index is 2.68. The van der Waals surface area contributed by atoms with E-state index in [0.717, 1.165) is 18.7 Å². The first kappa shape index (κ1) is 13.0. The molecule has 4 nitrogen and oxygen atoms in total. The zero-order valence-corrected chi connectivity index (χ0v) is 9.99. The second kappa shape index (κ2) is 7.29. The number of para-hydroxylation sites is 1. The number of nitrogens with zero attached hydrogens (tertiary/aromatic N) is 1. The quantitative estimate of drug-likeness (QED) is 0.737. The van der Waals surface area contributed by atoms with Crippen molar-refractivity contribution in [2.24, 2.45) is 0 Å². The number of amides is 1. The Labute approximate surface area is 102 Å². The molecular formula is C13H17N3O. The molecule has 17 heavy (non-hydrogen) atoms. The zero-order chi connectivity index (χ0) is 12.5. The number of nitrogens with one attached hydrogen (secondary N) is 2. The molecule has 1 amide bonds. The Hall–Kier alpha value is -2.02. The normalized spacial score (nSPS) is 9.41. The maximum absolute atomic E-state index is 11.8. The first-order valence-electron chi connectivity index (χ1n) is 5.77. The van der Waals surface area contributed by atoms with E-state index < -0.39 is 0 Å². The first-order chi connectivity index (χ1) is 8.29. The fourth-order valence-electron chi connectivity index (χ4n) is 1.42. The highest BCUT2D eigenvalue weighted by molar-refractivity contribution is 5.99. The van der Waals surface area contributed by atoms with Crippen LogP contribution in [0.5, 0.6) is 0 Å². The number of anilines is 1. The van der Waals surface area contributed by atoms with E-state index >= 15 is 0 Å². The maximum Gasteiger partial charge on any atom is 0.253 e. The highest BCUT2D eigenvalue weighted by Gasteiger charge is 2.09. The van der Waals surface area contributed by atoms with Gasteiger partial charge in [0.05, 0.1) is 18.1 Å². The maximum atomic E-state index is 11.8. The van der Waals surface area contributed by atoms with Crippen LogP contribution in [0.1, 0.15) is 30.1 Å². The van der Waals surface area contributed by atoms with Crippen LogP contribution in [0.2, 0.25) is 0 Å². The molecule has 0 aliphatic carbocycles. The summed E-state index contributed by atoms with van der Waals surface area (Å²) in [7, 11) is 0. The lowest BCUT2D eigenvalue weighted by Crippen LogP contribution is -2.25. The van der Waals surface area contributed by atoms with Crippen LogP contribution >= 0.6 is 0 Å². The molecule has 2 N–H and O–H groups in total. The molecule has 0 heterocycles. The van der Waals surface area contributed by atoms with E-state index in [0.29, 0.717) is 18.5 Å². The molecule has 0 saturated heterocycles. The van der Waals surface area contributed by atoms with Crippen molar-refractivity contribution in [1.82, 2.24) is 5.32 Å². The molecule has 0 fully saturated rings. The van der Waals surface area contributed by atoms with Crippen LogP contribution in [0, 0.1) is 11.3 Å². The van der Waals surface area contributed by atoms with Gasteiger partial charge in [0, 0.05) is 18.8 Å². The van der Waals surface area contributed by atoms with Crippen LogP contribution in [0.15, 0.2) is 24.3 Å². The molecule has 0 bridgehead atoms. The Bertz CT molecular complexity index is 409. The molecule has 4 heteroatoms. The molecule has 0 unspecified atom stereocenters. The molecule has 0 radical (unpaired) electrons. The molecule has 90 valence electrons. The Morgan fingerprint density at radius 3 is 2.82 bits per heavy atom. The van der Waals surface area contributed by atoms with Gasteiger partial charge < -0.3 is 10.6 Å². The van der Waals surface area contributed by atoms with Gasteiger partial charge in [-0.1, -0.05) is 19.1 Å². The number of carbonyl (C=O) groups excluding carboxylic acids is 1. The van der Waals surface area contributed by atoms with Crippen LogP contribution < -0.4 is 10.6 Å². The number of hydrogen-bond donors (Lipinski definition) is 2. The predicted molar refractivity (Wildman–Crippen MR) is 67.8 cm³/mol. The smallest absolute Gasteiger partial charge is 0.253 e. The van der Waals surface area contributed by atoms with Crippen LogP contribution in [0.25, 0.3) is 0 Å². The summed E-state index contributed by atoms with van der Waals surface area (Å²) in [4.78, 5) is 11.8. The minimum absolute atomic E-state index is 0.139. The van der Waals surface area contributed by atoms with E-state index in [9.17, 15) is 4.79 Å². The zero-order valence-electron chi connectivity index (χ0n) is 9.99. The van der Waals surface area contributed by atoms with Gasteiger partial charge in [-0.15, -0.1) is 0 Å². The third kappa shape index (κ3) is 4.15.